The summed E-state index contributed by atoms with van der Waals surface area (Å²) in [5, 5.41) is 12.1. The molecule has 1 aromatic rings. The summed E-state index contributed by atoms with van der Waals surface area (Å²) in [7, 11) is 0. The van der Waals surface area contributed by atoms with Gasteiger partial charge >= 0.3 is 0 Å². The molecule has 1 aromatic carbocycles. The second-order valence-corrected chi connectivity index (χ2v) is 7.30. The van der Waals surface area contributed by atoms with Gasteiger partial charge in [0.05, 0.1) is 19.1 Å². The molecule has 0 radical (unpaired) electrons. The maximum atomic E-state index is 13.2. The summed E-state index contributed by atoms with van der Waals surface area (Å²) in [5.74, 6) is -1.69. The van der Waals surface area contributed by atoms with Crippen LogP contribution in [0.3, 0.4) is 0 Å². The first-order valence-corrected chi connectivity index (χ1v) is 9.02. The third-order valence-corrected chi connectivity index (χ3v) is 4.77. The number of nitrogens with one attached hydrogen (secondary N) is 2. The highest BCUT2D eigenvalue weighted by atomic mass is 19.1. The van der Waals surface area contributed by atoms with Crippen LogP contribution in [0.1, 0.15) is 32.3 Å². The van der Waals surface area contributed by atoms with Crippen molar-refractivity contribution in [1.82, 2.24) is 10.8 Å². The molecule has 0 atom stereocenters. The van der Waals surface area contributed by atoms with E-state index in [1.54, 1.807) is 18.4 Å². The largest absolute Gasteiger partial charge is 0.470 e. The van der Waals surface area contributed by atoms with E-state index in [0.717, 1.165) is 35.8 Å². The number of aliphatic imine (C=N–C) groups is 1. The molecule has 1 heterocycles. The van der Waals surface area contributed by atoms with E-state index in [1.807, 2.05) is 13.8 Å². The Labute approximate surface area is 162 Å². The van der Waals surface area contributed by atoms with Crippen molar-refractivity contribution in [2.24, 2.45) is 4.99 Å². The van der Waals surface area contributed by atoms with Crippen molar-refractivity contribution in [3.05, 3.63) is 59.3 Å². The van der Waals surface area contributed by atoms with Crippen LogP contribution in [0.25, 0.3) is 0 Å². The molecular formula is C20H24FN3O4. The Morgan fingerprint density at radius 2 is 2.04 bits per heavy atom. The third kappa shape index (κ3) is 5.03. The highest BCUT2D eigenvalue weighted by Gasteiger charge is 2.44. The number of amides is 1. The van der Waals surface area contributed by atoms with Gasteiger partial charge in [-0.15, -0.1) is 0 Å². The summed E-state index contributed by atoms with van der Waals surface area (Å²) < 4.78 is 24.5. The lowest BCUT2D eigenvalue weighted by atomic mass is 10.0. The number of hydrogen-bond acceptors (Lipinski definition) is 6. The zero-order valence-corrected chi connectivity index (χ0v) is 15.9. The smallest absolute Gasteiger partial charge is 0.285 e. The Balaban J connectivity index is 1.75. The first-order valence-electron chi connectivity index (χ1n) is 9.02. The monoisotopic (exact) mass is 389 g/mol. The molecule has 2 aliphatic rings. The normalized spacial score (nSPS) is 20.4. The van der Waals surface area contributed by atoms with Gasteiger partial charge in [0, 0.05) is 37.7 Å². The third-order valence-electron chi connectivity index (χ3n) is 4.77. The number of rotatable bonds is 7. The van der Waals surface area contributed by atoms with E-state index in [-0.39, 0.29) is 11.4 Å². The van der Waals surface area contributed by atoms with Crippen LogP contribution in [0.2, 0.25) is 0 Å². The van der Waals surface area contributed by atoms with E-state index in [9.17, 15) is 9.18 Å². The fourth-order valence-electron chi connectivity index (χ4n) is 2.89. The summed E-state index contributed by atoms with van der Waals surface area (Å²) in [6.07, 6.45) is 6.03. The molecular weight excluding hydrogens is 365 g/mol. The molecule has 0 unspecified atom stereocenters. The predicted octanol–water partition coefficient (Wildman–Crippen LogP) is 2.53. The molecule has 28 heavy (non-hydrogen) atoms. The number of nitrogens with zero attached hydrogens (tertiary/aromatic N) is 1. The summed E-state index contributed by atoms with van der Waals surface area (Å²) in [6, 6.07) is 6.49. The zero-order valence-electron chi connectivity index (χ0n) is 15.9. The van der Waals surface area contributed by atoms with Gasteiger partial charge in [-0.25, -0.2) is 9.87 Å². The van der Waals surface area contributed by atoms with Gasteiger partial charge in [0.15, 0.2) is 0 Å². The highest BCUT2D eigenvalue weighted by molar-refractivity contribution is 6.25. The number of hydroxylamine groups is 1. The van der Waals surface area contributed by atoms with Crippen LogP contribution in [-0.2, 0) is 19.8 Å². The van der Waals surface area contributed by atoms with Crippen molar-refractivity contribution in [1.29, 1.82) is 0 Å². The number of benzene rings is 1. The van der Waals surface area contributed by atoms with Crippen LogP contribution >= 0.6 is 0 Å². The first kappa shape index (κ1) is 20.2. The molecule has 1 amide bonds. The summed E-state index contributed by atoms with van der Waals surface area (Å²) >= 11 is 0. The van der Waals surface area contributed by atoms with Crippen molar-refractivity contribution >= 4 is 12.1 Å². The van der Waals surface area contributed by atoms with Crippen molar-refractivity contribution < 1.29 is 23.9 Å². The van der Waals surface area contributed by atoms with Gasteiger partial charge in [-0.3, -0.25) is 15.0 Å². The summed E-state index contributed by atoms with van der Waals surface area (Å²) in [5.41, 5.74) is 3.90. The van der Waals surface area contributed by atoms with E-state index < -0.39 is 11.7 Å². The van der Waals surface area contributed by atoms with Crippen LogP contribution < -0.4 is 10.8 Å². The Morgan fingerprint density at radius 3 is 2.61 bits per heavy atom. The van der Waals surface area contributed by atoms with Gasteiger partial charge in [-0.2, -0.15) is 0 Å². The van der Waals surface area contributed by atoms with E-state index >= 15 is 0 Å². The molecule has 0 spiro atoms. The van der Waals surface area contributed by atoms with E-state index in [1.165, 1.54) is 23.8 Å². The van der Waals surface area contributed by atoms with E-state index in [2.05, 4.69) is 10.3 Å². The highest BCUT2D eigenvalue weighted by Crippen LogP contribution is 2.45. The van der Waals surface area contributed by atoms with Gasteiger partial charge in [0.25, 0.3) is 5.91 Å². The fraction of sp³-hybridized carbons (Fsp3) is 0.400. The lowest BCUT2D eigenvalue weighted by Crippen LogP contribution is -2.34. The Hall–Kier alpha value is -2.55. The molecule has 1 fully saturated rings. The van der Waals surface area contributed by atoms with Crippen molar-refractivity contribution in [2.75, 3.05) is 13.2 Å². The first-order chi connectivity index (χ1) is 13.3. The Kier molecular flexibility index (Phi) is 5.93. The summed E-state index contributed by atoms with van der Waals surface area (Å²) in [6.45, 7) is 4.43. The van der Waals surface area contributed by atoms with Crippen LogP contribution in [-0.4, -0.2) is 36.3 Å². The topological polar surface area (TPSA) is 92.2 Å². The SMILES string of the molecule is CC1(C)OC=C(/C(=C\N=CC(=O)NO)CNC2(c3ccc(F)cc3)CC2)CO1. The van der Waals surface area contributed by atoms with E-state index in [4.69, 9.17) is 14.7 Å². The lowest BCUT2D eigenvalue weighted by molar-refractivity contribution is -0.188. The van der Waals surface area contributed by atoms with E-state index in [0.29, 0.717) is 13.2 Å². The van der Waals surface area contributed by atoms with Crippen LogP contribution in [0, 0.1) is 5.82 Å². The molecule has 1 saturated carbocycles. The van der Waals surface area contributed by atoms with Crippen LogP contribution in [0.4, 0.5) is 4.39 Å². The minimum absolute atomic E-state index is 0.199. The molecule has 1 aliphatic carbocycles. The molecule has 0 saturated heterocycles. The maximum Gasteiger partial charge on any atom is 0.285 e. The standard InChI is InChI=1S/C20H24FN3O4/c1-19(2)27-12-15(13-28-19)14(9-22-11-18(25)24-26)10-23-20(7-8-20)16-3-5-17(21)6-4-16/h3-6,9,11-12,23,26H,7-8,10,13H2,1-2H3,(H,24,25)/b14-9-,22-11?. The fourth-order valence-corrected chi connectivity index (χ4v) is 2.89. The number of ether oxygens (including phenoxy) is 2. The molecule has 0 bridgehead atoms. The Bertz CT molecular complexity index is 811. The molecule has 7 nitrogen and oxygen atoms in total. The van der Waals surface area contributed by atoms with Gasteiger partial charge in [-0.05, 0) is 36.1 Å². The number of carbonyl (C=O) groups excluding carboxylic acids is 1. The molecule has 150 valence electrons. The zero-order chi connectivity index (χ0) is 20.2. The van der Waals surface area contributed by atoms with Gasteiger partial charge in [-0.1, -0.05) is 12.1 Å². The lowest BCUT2D eigenvalue weighted by Gasteiger charge is -2.31. The molecule has 3 N–H and O–H groups in total. The van der Waals surface area contributed by atoms with Crippen molar-refractivity contribution in [3.8, 4) is 0 Å². The second-order valence-electron chi connectivity index (χ2n) is 7.30. The maximum absolute atomic E-state index is 13.2. The number of hydrogen-bond donors (Lipinski definition) is 3. The van der Waals surface area contributed by atoms with Gasteiger partial charge in [0.1, 0.15) is 5.82 Å². The predicted molar refractivity (Wildman–Crippen MR) is 101 cm³/mol. The van der Waals surface area contributed by atoms with Crippen molar-refractivity contribution in [3.63, 3.8) is 0 Å². The van der Waals surface area contributed by atoms with Crippen LogP contribution in [0.5, 0.6) is 0 Å². The average Bonchev–Trinajstić information content (AvgIpc) is 3.46. The molecule has 1 aliphatic heterocycles. The van der Waals surface area contributed by atoms with Crippen LogP contribution in [0.15, 0.2) is 52.9 Å². The number of halogens is 1. The van der Waals surface area contributed by atoms with Gasteiger partial charge < -0.3 is 14.8 Å². The quantitative estimate of drug-likeness (QED) is 0.379. The second kappa shape index (κ2) is 8.22. The van der Waals surface area contributed by atoms with Crippen molar-refractivity contribution in [2.45, 2.75) is 38.0 Å². The molecule has 0 aromatic heterocycles. The average molecular weight is 389 g/mol. The minimum Gasteiger partial charge on any atom is -0.470 e. The summed E-state index contributed by atoms with van der Waals surface area (Å²) in [4.78, 5) is 15.1. The Morgan fingerprint density at radius 1 is 1.32 bits per heavy atom. The minimum atomic E-state index is -0.722. The molecule has 8 heteroatoms. The molecule has 3 rings (SSSR count). The number of carbonyl (C=O) groups is 1. The van der Waals surface area contributed by atoms with Gasteiger partial charge in [0.2, 0.25) is 5.79 Å².